The van der Waals surface area contributed by atoms with Crippen molar-refractivity contribution in [2.75, 3.05) is 11.4 Å². The van der Waals surface area contributed by atoms with E-state index in [0.29, 0.717) is 36.9 Å². The predicted octanol–water partition coefficient (Wildman–Crippen LogP) is 2.18. The zero-order valence-corrected chi connectivity index (χ0v) is 14.4. The van der Waals surface area contributed by atoms with Crippen molar-refractivity contribution in [3.05, 3.63) is 50.8 Å². The molecule has 0 spiro atoms. The van der Waals surface area contributed by atoms with Crippen molar-refractivity contribution in [3.8, 4) is 0 Å². The van der Waals surface area contributed by atoms with Crippen LogP contribution >= 0.6 is 0 Å². The maximum absolute atomic E-state index is 11.7. The van der Waals surface area contributed by atoms with Crippen LogP contribution in [0.2, 0.25) is 0 Å². The van der Waals surface area contributed by atoms with Crippen molar-refractivity contribution in [1.82, 2.24) is 15.0 Å². The number of carboxylic acids is 1. The number of H-pyrrole nitrogens is 1. The Balaban J connectivity index is 1.53. The van der Waals surface area contributed by atoms with Crippen molar-refractivity contribution in [2.45, 2.75) is 50.5 Å². The first kappa shape index (κ1) is 15.5. The van der Waals surface area contributed by atoms with Crippen molar-refractivity contribution in [2.24, 2.45) is 0 Å². The standard InChI is InChI=1S/C19H20N4O3/c24-17-7-12(19(25)26)13-9-23(6-5-14(13)20-17)16-8-15(10-1-2-10)21-18(22-16)11-3-4-11/h7-8,10-11H,1-6,9H2,(H,20,24)(H,25,26). The van der Waals surface area contributed by atoms with Crippen molar-refractivity contribution in [3.63, 3.8) is 0 Å². The molecule has 7 nitrogen and oxygen atoms in total. The van der Waals surface area contributed by atoms with E-state index in [1.54, 1.807) is 0 Å². The van der Waals surface area contributed by atoms with Crippen LogP contribution in [0.3, 0.4) is 0 Å². The third kappa shape index (κ3) is 2.77. The fourth-order valence-electron chi connectivity index (χ4n) is 3.68. The van der Waals surface area contributed by atoms with E-state index in [-0.39, 0.29) is 11.1 Å². The minimum Gasteiger partial charge on any atom is -0.478 e. The summed E-state index contributed by atoms with van der Waals surface area (Å²) in [6, 6.07) is 3.25. The number of aromatic carboxylic acids is 1. The van der Waals surface area contributed by atoms with Crippen LogP contribution in [-0.2, 0) is 13.0 Å². The van der Waals surface area contributed by atoms with E-state index in [0.717, 1.165) is 35.9 Å². The van der Waals surface area contributed by atoms with Gasteiger partial charge < -0.3 is 15.0 Å². The average Bonchev–Trinajstić information content (AvgIpc) is 3.52. The summed E-state index contributed by atoms with van der Waals surface area (Å²) in [5.41, 5.74) is 2.27. The van der Waals surface area contributed by atoms with Crippen LogP contribution in [0.25, 0.3) is 0 Å². The molecule has 3 aliphatic rings. The average molecular weight is 352 g/mol. The van der Waals surface area contributed by atoms with Gasteiger partial charge in [0.2, 0.25) is 5.56 Å². The number of nitrogens with zero attached hydrogens (tertiary/aromatic N) is 3. The predicted molar refractivity (Wildman–Crippen MR) is 94.8 cm³/mol. The summed E-state index contributed by atoms with van der Waals surface area (Å²) in [4.78, 5) is 37.8. The third-order valence-electron chi connectivity index (χ3n) is 5.46. The van der Waals surface area contributed by atoms with Gasteiger partial charge in [0, 0.05) is 60.4 Å². The highest BCUT2D eigenvalue weighted by Crippen LogP contribution is 2.43. The van der Waals surface area contributed by atoms with Gasteiger partial charge in [0.15, 0.2) is 0 Å². The Labute approximate surface area is 150 Å². The minimum absolute atomic E-state index is 0.0901. The second-order valence-electron chi connectivity index (χ2n) is 7.54. The Morgan fingerprint density at radius 1 is 1.15 bits per heavy atom. The van der Waals surface area contributed by atoms with Gasteiger partial charge in [-0.1, -0.05) is 0 Å². The van der Waals surface area contributed by atoms with E-state index in [9.17, 15) is 14.7 Å². The van der Waals surface area contributed by atoms with Crippen LogP contribution in [-0.4, -0.2) is 32.6 Å². The highest BCUT2D eigenvalue weighted by atomic mass is 16.4. The Morgan fingerprint density at radius 2 is 1.92 bits per heavy atom. The van der Waals surface area contributed by atoms with Gasteiger partial charge in [0.05, 0.1) is 5.56 Å². The molecule has 2 N–H and O–H groups in total. The van der Waals surface area contributed by atoms with Crippen LogP contribution < -0.4 is 10.5 Å². The maximum Gasteiger partial charge on any atom is 0.336 e. The van der Waals surface area contributed by atoms with Crippen LogP contribution in [0.4, 0.5) is 5.82 Å². The molecule has 0 aromatic carbocycles. The summed E-state index contributed by atoms with van der Waals surface area (Å²) in [6.45, 7) is 1.15. The smallest absolute Gasteiger partial charge is 0.336 e. The van der Waals surface area contributed by atoms with E-state index in [2.05, 4.69) is 16.0 Å². The zero-order chi connectivity index (χ0) is 17.8. The molecular formula is C19H20N4O3. The van der Waals surface area contributed by atoms with Gasteiger partial charge in [-0.05, 0) is 25.7 Å². The number of fused-ring (bicyclic) bond motifs is 1. The number of aromatic nitrogens is 3. The van der Waals surface area contributed by atoms with Gasteiger partial charge in [-0.25, -0.2) is 14.8 Å². The highest BCUT2D eigenvalue weighted by Gasteiger charge is 2.32. The molecule has 2 fully saturated rings. The van der Waals surface area contributed by atoms with Gasteiger partial charge in [0.25, 0.3) is 0 Å². The van der Waals surface area contributed by atoms with E-state index in [1.165, 1.54) is 18.9 Å². The number of hydrogen-bond donors (Lipinski definition) is 2. The molecule has 2 aliphatic carbocycles. The number of nitrogens with one attached hydrogen (secondary N) is 1. The Hall–Kier alpha value is -2.70. The quantitative estimate of drug-likeness (QED) is 0.875. The Kier molecular flexibility index (Phi) is 3.38. The van der Waals surface area contributed by atoms with Crippen LogP contribution in [0, 0.1) is 0 Å². The number of aromatic amines is 1. The molecule has 3 heterocycles. The molecule has 0 amide bonds. The topological polar surface area (TPSA) is 99.2 Å². The van der Waals surface area contributed by atoms with Crippen molar-refractivity contribution < 1.29 is 9.90 Å². The molecule has 0 saturated heterocycles. The lowest BCUT2D eigenvalue weighted by atomic mass is 10.00. The van der Waals surface area contributed by atoms with E-state index < -0.39 is 5.97 Å². The fraction of sp³-hybridized carbons (Fsp3) is 0.474. The number of pyridine rings is 1. The normalized spacial score (nSPS) is 19.3. The number of anilines is 1. The maximum atomic E-state index is 11.7. The van der Waals surface area contributed by atoms with Gasteiger partial charge in [-0.3, -0.25) is 4.79 Å². The fourth-order valence-corrected chi connectivity index (χ4v) is 3.68. The molecule has 2 aromatic heterocycles. The van der Waals surface area contributed by atoms with Gasteiger partial charge in [0.1, 0.15) is 11.6 Å². The highest BCUT2D eigenvalue weighted by molar-refractivity contribution is 5.89. The molecule has 0 radical (unpaired) electrons. The van der Waals surface area contributed by atoms with E-state index in [1.807, 2.05) is 0 Å². The first-order valence-electron chi connectivity index (χ1n) is 9.20. The summed E-state index contributed by atoms with van der Waals surface area (Å²) < 4.78 is 0. The number of carbonyl (C=O) groups is 1. The molecular weight excluding hydrogens is 332 g/mol. The third-order valence-corrected chi connectivity index (χ3v) is 5.46. The molecule has 2 saturated carbocycles. The summed E-state index contributed by atoms with van der Waals surface area (Å²) in [5.74, 6) is 1.80. The first-order chi connectivity index (χ1) is 12.6. The lowest BCUT2D eigenvalue weighted by molar-refractivity contribution is 0.0695. The largest absolute Gasteiger partial charge is 0.478 e. The molecule has 0 atom stereocenters. The lowest BCUT2D eigenvalue weighted by Gasteiger charge is -2.30. The SMILES string of the molecule is O=C(O)c1cc(=O)[nH]c2c1CN(c1cc(C3CC3)nc(C3CC3)n1)CC2. The van der Waals surface area contributed by atoms with Crippen LogP contribution in [0.1, 0.15) is 70.7 Å². The van der Waals surface area contributed by atoms with Crippen LogP contribution in [0.15, 0.2) is 16.9 Å². The van der Waals surface area contributed by atoms with E-state index >= 15 is 0 Å². The number of hydrogen-bond acceptors (Lipinski definition) is 5. The molecule has 0 bridgehead atoms. The van der Waals surface area contributed by atoms with Gasteiger partial charge >= 0.3 is 5.97 Å². The summed E-state index contributed by atoms with van der Waals surface area (Å²) in [5, 5.41) is 9.48. The zero-order valence-electron chi connectivity index (χ0n) is 14.4. The Bertz CT molecular complexity index is 929. The molecule has 7 heteroatoms. The van der Waals surface area contributed by atoms with Crippen molar-refractivity contribution in [1.29, 1.82) is 0 Å². The van der Waals surface area contributed by atoms with Crippen molar-refractivity contribution >= 4 is 11.8 Å². The van der Waals surface area contributed by atoms with E-state index in [4.69, 9.17) is 9.97 Å². The second kappa shape index (κ2) is 5.65. The molecule has 2 aromatic rings. The van der Waals surface area contributed by atoms with Crippen LogP contribution in [0.5, 0.6) is 0 Å². The summed E-state index contributed by atoms with van der Waals surface area (Å²) in [6.07, 6.45) is 5.29. The van der Waals surface area contributed by atoms with Gasteiger partial charge in [-0.15, -0.1) is 0 Å². The van der Waals surface area contributed by atoms with Gasteiger partial charge in [-0.2, -0.15) is 0 Å². The summed E-state index contributed by atoms with van der Waals surface area (Å²) in [7, 11) is 0. The molecule has 1 aliphatic heterocycles. The first-order valence-corrected chi connectivity index (χ1v) is 9.20. The molecule has 0 unspecified atom stereocenters. The molecule has 26 heavy (non-hydrogen) atoms. The monoisotopic (exact) mass is 352 g/mol. The molecule has 134 valence electrons. The number of carboxylic acid groups (broad SMARTS) is 1. The number of rotatable bonds is 4. The molecule has 5 rings (SSSR count). The summed E-state index contributed by atoms with van der Waals surface area (Å²) >= 11 is 0. The second-order valence-corrected chi connectivity index (χ2v) is 7.54. The lowest BCUT2D eigenvalue weighted by Crippen LogP contribution is -2.35. The Morgan fingerprint density at radius 3 is 2.62 bits per heavy atom. The minimum atomic E-state index is -1.06.